The maximum absolute atomic E-state index is 10.6. The smallest absolute Gasteiger partial charge is 0.0934 e. The van der Waals surface area contributed by atoms with E-state index in [1.54, 1.807) is 0 Å². The SMILES string of the molecule is OC1(CNc2cccc3cc(Br)cnc23)CCCCC1. The van der Waals surface area contributed by atoms with Crippen LogP contribution in [0.4, 0.5) is 5.69 Å². The fourth-order valence-corrected chi connectivity index (χ4v) is 3.27. The minimum atomic E-state index is -0.560. The topological polar surface area (TPSA) is 45.1 Å². The summed E-state index contributed by atoms with van der Waals surface area (Å²) in [7, 11) is 0. The van der Waals surface area contributed by atoms with Gasteiger partial charge in [0.25, 0.3) is 0 Å². The second-order valence-corrected chi connectivity index (χ2v) is 6.59. The van der Waals surface area contributed by atoms with Gasteiger partial charge in [0.1, 0.15) is 0 Å². The van der Waals surface area contributed by atoms with Crippen LogP contribution in [0.5, 0.6) is 0 Å². The third kappa shape index (κ3) is 2.96. The molecule has 0 spiro atoms. The van der Waals surface area contributed by atoms with E-state index >= 15 is 0 Å². The molecule has 3 rings (SSSR count). The number of aliphatic hydroxyl groups is 1. The van der Waals surface area contributed by atoms with Crippen LogP contribution in [0.15, 0.2) is 34.9 Å². The van der Waals surface area contributed by atoms with Gasteiger partial charge in [-0.05, 0) is 40.9 Å². The average molecular weight is 335 g/mol. The molecule has 0 saturated heterocycles. The second-order valence-electron chi connectivity index (χ2n) is 5.67. The van der Waals surface area contributed by atoms with E-state index in [-0.39, 0.29) is 0 Å². The first-order valence-corrected chi connectivity index (χ1v) is 7.96. The number of anilines is 1. The molecule has 2 N–H and O–H groups in total. The van der Waals surface area contributed by atoms with E-state index in [2.05, 4.69) is 32.3 Å². The minimum Gasteiger partial charge on any atom is -0.388 e. The third-order valence-electron chi connectivity index (χ3n) is 4.07. The Labute approximate surface area is 127 Å². The van der Waals surface area contributed by atoms with Crippen LogP contribution < -0.4 is 5.32 Å². The van der Waals surface area contributed by atoms with Crippen molar-refractivity contribution in [3.63, 3.8) is 0 Å². The zero-order chi connectivity index (χ0) is 14.0. The number of aromatic nitrogens is 1. The number of halogens is 1. The molecule has 1 aromatic heterocycles. The van der Waals surface area contributed by atoms with E-state index in [1.165, 1.54) is 6.42 Å². The van der Waals surface area contributed by atoms with Crippen molar-refractivity contribution in [3.8, 4) is 0 Å². The van der Waals surface area contributed by atoms with E-state index in [4.69, 9.17) is 0 Å². The normalized spacial score (nSPS) is 18.1. The first-order chi connectivity index (χ1) is 9.66. The molecule has 0 radical (unpaired) electrons. The summed E-state index contributed by atoms with van der Waals surface area (Å²) in [5.41, 5.74) is 1.39. The quantitative estimate of drug-likeness (QED) is 0.887. The van der Waals surface area contributed by atoms with E-state index in [0.29, 0.717) is 6.54 Å². The Hall–Kier alpha value is -1.13. The fraction of sp³-hybridized carbons (Fsp3) is 0.438. The van der Waals surface area contributed by atoms with E-state index < -0.39 is 5.60 Å². The van der Waals surface area contributed by atoms with Crippen LogP contribution in [0.25, 0.3) is 10.9 Å². The lowest BCUT2D eigenvalue weighted by Gasteiger charge is -2.32. The number of para-hydroxylation sites is 1. The van der Waals surface area contributed by atoms with E-state index in [0.717, 1.165) is 46.7 Å². The molecule has 0 atom stereocenters. The highest BCUT2D eigenvalue weighted by atomic mass is 79.9. The van der Waals surface area contributed by atoms with Crippen molar-refractivity contribution in [2.24, 2.45) is 0 Å². The van der Waals surface area contributed by atoms with Gasteiger partial charge in [-0.2, -0.15) is 0 Å². The Morgan fingerprint density at radius 2 is 2.05 bits per heavy atom. The molecule has 1 fully saturated rings. The molecule has 0 unspecified atom stereocenters. The number of nitrogens with one attached hydrogen (secondary N) is 1. The van der Waals surface area contributed by atoms with Gasteiger partial charge in [0.2, 0.25) is 0 Å². The van der Waals surface area contributed by atoms with Gasteiger partial charge >= 0.3 is 0 Å². The Balaban J connectivity index is 1.80. The molecule has 1 aromatic carbocycles. The molecule has 3 nitrogen and oxygen atoms in total. The van der Waals surface area contributed by atoms with Gasteiger partial charge in [0.15, 0.2) is 0 Å². The van der Waals surface area contributed by atoms with Crippen molar-refractivity contribution < 1.29 is 5.11 Å². The Morgan fingerprint density at radius 3 is 2.85 bits per heavy atom. The van der Waals surface area contributed by atoms with E-state index in [9.17, 15) is 5.11 Å². The van der Waals surface area contributed by atoms with Crippen LogP contribution >= 0.6 is 15.9 Å². The highest BCUT2D eigenvalue weighted by molar-refractivity contribution is 9.10. The predicted octanol–water partition coefficient (Wildman–Crippen LogP) is 4.10. The first kappa shape index (κ1) is 13.8. The Bertz CT molecular complexity index is 608. The molecule has 1 aliphatic carbocycles. The molecule has 0 bridgehead atoms. The summed E-state index contributed by atoms with van der Waals surface area (Å²) in [4.78, 5) is 4.48. The molecule has 20 heavy (non-hydrogen) atoms. The van der Waals surface area contributed by atoms with Crippen molar-refractivity contribution >= 4 is 32.5 Å². The van der Waals surface area contributed by atoms with Crippen LogP contribution in [0, 0.1) is 0 Å². The predicted molar refractivity (Wildman–Crippen MR) is 86.0 cm³/mol. The van der Waals surface area contributed by atoms with Gasteiger partial charge in [0.05, 0.1) is 16.8 Å². The van der Waals surface area contributed by atoms with Crippen molar-refractivity contribution in [1.82, 2.24) is 4.98 Å². The summed E-state index contributed by atoms with van der Waals surface area (Å²) < 4.78 is 0.980. The Morgan fingerprint density at radius 1 is 1.25 bits per heavy atom. The average Bonchev–Trinajstić information content (AvgIpc) is 2.45. The maximum Gasteiger partial charge on any atom is 0.0934 e. The standard InChI is InChI=1S/C16H19BrN2O/c17-13-9-12-5-4-6-14(15(12)18-10-13)19-11-16(20)7-2-1-3-8-16/h4-6,9-10,19-20H,1-3,7-8,11H2. The first-order valence-electron chi connectivity index (χ1n) is 7.17. The number of rotatable bonds is 3. The highest BCUT2D eigenvalue weighted by Gasteiger charge is 2.28. The molecule has 0 aliphatic heterocycles. The van der Waals surface area contributed by atoms with E-state index in [1.807, 2.05) is 24.4 Å². The van der Waals surface area contributed by atoms with Gasteiger partial charge in [0, 0.05) is 22.6 Å². The lowest BCUT2D eigenvalue weighted by atomic mass is 9.85. The van der Waals surface area contributed by atoms with Gasteiger partial charge < -0.3 is 10.4 Å². The number of nitrogens with zero attached hydrogens (tertiary/aromatic N) is 1. The van der Waals surface area contributed by atoms with Gasteiger partial charge in [-0.15, -0.1) is 0 Å². The lowest BCUT2D eigenvalue weighted by Crippen LogP contribution is -2.38. The molecular formula is C16H19BrN2O. The number of hydrogen-bond acceptors (Lipinski definition) is 3. The summed E-state index contributed by atoms with van der Waals surface area (Å²) >= 11 is 3.44. The van der Waals surface area contributed by atoms with Gasteiger partial charge in [-0.25, -0.2) is 0 Å². The van der Waals surface area contributed by atoms with Crippen LogP contribution in [0.1, 0.15) is 32.1 Å². The summed E-state index contributed by atoms with van der Waals surface area (Å²) in [5, 5.41) is 15.0. The number of fused-ring (bicyclic) bond motifs is 1. The number of hydrogen-bond donors (Lipinski definition) is 2. The van der Waals surface area contributed by atoms with Crippen LogP contribution in [-0.2, 0) is 0 Å². The molecule has 0 amide bonds. The molecule has 1 aliphatic rings. The van der Waals surface area contributed by atoms with Crippen LogP contribution in [0.2, 0.25) is 0 Å². The molecule has 2 aromatic rings. The summed E-state index contributed by atoms with van der Waals surface area (Å²) in [6, 6.07) is 8.15. The Kier molecular flexibility index (Phi) is 3.94. The molecule has 106 valence electrons. The van der Waals surface area contributed by atoms with Crippen LogP contribution in [-0.4, -0.2) is 22.2 Å². The zero-order valence-electron chi connectivity index (χ0n) is 11.4. The second kappa shape index (κ2) is 5.70. The lowest BCUT2D eigenvalue weighted by molar-refractivity contribution is 0.0167. The van der Waals surface area contributed by atoms with Crippen LogP contribution in [0.3, 0.4) is 0 Å². The molecule has 4 heteroatoms. The number of pyridine rings is 1. The summed E-state index contributed by atoms with van der Waals surface area (Å²) in [5.74, 6) is 0. The monoisotopic (exact) mass is 334 g/mol. The van der Waals surface area contributed by atoms with Crippen molar-refractivity contribution in [1.29, 1.82) is 0 Å². The highest BCUT2D eigenvalue weighted by Crippen LogP contribution is 2.29. The minimum absolute atomic E-state index is 0.560. The van der Waals surface area contributed by atoms with Crippen molar-refractivity contribution in [2.75, 3.05) is 11.9 Å². The largest absolute Gasteiger partial charge is 0.388 e. The zero-order valence-corrected chi connectivity index (χ0v) is 13.0. The molecule has 1 heterocycles. The van der Waals surface area contributed by atoms with Gasteiger partial charge in [-0.3, -0.25) is 4.98 Å². The summed E-state index contributed by atoms with van der Waals surface area (Å²) in [6.45, 7) is 0.601. The van der Waals surface area contributed by atoms with Gasteiger partial charge in [-0.1, -0.05) is 31.4 Å². The maximum atomic E-state index is 10.6. The molecule has 1 saturated carbocycles. The fourth-order valence-electron chi connectivity index (χ4n) is 2.92. The van der Waals surface area contributed by atoms with Crippen molar-refractivity contribution in [2.45, 2.75) is 37.7 Å². The number of benzene rings is 1. The molecular weight excluding hydrogens is 316 g/mol. The summed E-state index contributed by atoms with van der Waals surface area (Å²) in [6.07, 6.45) is 7.08. The third-order valence-corrected chi connectivity index (χ3v) is 4.50. The van der Waals surface area contributed by atoms with Crippen molar-refractivity contribution in [3.05, 3.63) is 34.9 Å².